The Morgan fingerprint density at radius 2 is 1.44 bits per heavy atom. The molecule has 0 saturated carbocycles. The maximum atomic E-state index is 14.4. The zero-order valence-corrected chi connectivity index (χ0v) is 44.9. The predicted molar refractivity (Wildman–Crippen MR) is 273 cm³/mol. The summed E-state index contributed by atoms with van der Waals surface area (Å²) in [5.74, 6) is -4.38. The number of hydroxylamine groups is 2. The van der Waals surface area contributed by atoms with Gasteiger partial charge < -0.3 is 44.4 Å². The number of hydrogen-bond donors (Lipinski definition) is 3. The molecule has 0 bridgehead atoms. The molecular formula is C54H82N6O13. The summed E-state index contributed by atoms with van der Waals surface area (Å²) in [7, 11) is 6.78. The molecule has 0 aliphatic carbocycles. The summed E-state index contributed by atoms with van der Waals surface area (Å²) in [4.78, 5) is 104. The third kappa shape index (κ3) is 15.9. The molecule has 4 rings (SSSR count). The zero-order valence-electron chi connectivity index (χ0n) is 44.9. The number of ether oxygens (including phenoxy) is 4. The SMILES string of the molecule is CC[C@H](C)C([C@@H](CC(=O)N1CCC[C@H]1[C@H](OC)[C@@H](C)C(=O)N[C@@H](Cc1ccccc1)C(=O)O)OC)N(C)C[C@](C=O)(NC(=O)[C@H](C(C)C)N(C)CCOCCOCCON1C(=O)c2ccccc2C1=O)C(C)C. The van der Waals surface area contributed by atoms with E-state index in [9.17, 15) is 38.7 Å². The number of carboxylic acid groups (broad SMARTS) is 1. The summed E-state index contributed by atoms with van der Waals surface area (Å²) in [6.07, 6.45) is 1.62. The van der Waals surface area contributed by atoms with Gasteiger partial charge in [-0.3, -0.25) is 38.6 Å². The van der Waals surface area contributed by atoms with Crippen molar-refractivity contribution in [3.63, 3.8) is 0 Å². The number of nitrogens with zero attached hydrogens (tertiary/aromatic N) is 4. The minimum absolute atomic E-state index is 0.00381. The molecule has 1 fully saturated rings. The average molecular weight is 1020 g/mol. The van der Waals surface area contributed by atoms with E-state index in [0.29, 0.717) is 43.7 Å². The van der Waals surface area contributed by atoms with Crippen molar-refractivity contribution >= 4 is 41.8 Å². The number of aldehydes is 1. The van der Waals surface area contributed by atoms with Crippen molar-refractivity contribution < 1.29 is 62.5 Å². The number of amides is 5. The molecule has 5 amide bonds. The van der Waals surface area contributed by atoms with Crippen LogP contribution in [0.25, 0.3) is 0 Å². The van der Waals surface area contributed by atoms with E-state index in [1.54, 1.807) is 43.2 Å². The number of likely N-dealkylation sites (N-methyl/N-ethyl adjacent to an activating group) is 2. The molecule has 9 atom stereocenters. The first-order chi connectivity index (χ1) is 34.8. The number of carbonyl (C=O) groups is 7. The Labute approximate surface area is 431 Å². The summed E-state index contributed by atoms with van der Waals surface area (Å²) < 4.78 is 23.5. The first-order valence-electron chi connectivity index (χ1n) is 25.6. The number of fused-ring (bicyclic) bond motifs is 1. The van der Waals surface area contributed by atoms with E-state index in [1.807, 2.05) is 81.9 Å². The number of aliphatic carboxylic acids is 1. The summed E-state index contributed by atoms with van der Waals surface area (Å²) in [5, 5.41) is 16.6. The quantitative estimate of drug-likeness (QED) is 0.0520. The summed E-state index contributed by atoms with van der Waals surface area (Å²) in [6.45, 7) is 15.4. The zero-order chi connectivity index (χ0) is 54.0. The topological polar surface area (TPSA) is 223 Å². The van der Waals surface area contributed by atoms with E-state index in [1.165, 1.54) is 7.11 Å². The Hall–Kier alpha value is -5.15. The Morgan fingerprint density at radius 1 is 0.836 bits per heavy atom. The summed E-state index contributed by atoms with van der Waals surface area (Å²) in [5.41, 5.74) is 0.0574. The molecule has 1 saturated heterocycles. The number of benzene rings is 2. The second-order valence-corrected chi connectivity index (χ2v) is 20.1. The van der Waals surface area contributed by atoms with Crippen molar-refractivity contribution in [2.45, 2.75) is 122 Å². The monoisotopic (exact) mass is 1020 g/mol. The highest BCUT2D eigenvalue weighted by Crippen LogP contribution is 2.31. The van der Waals surface area contributed by atoms with Gasteiger partial charge in [0.05, 0.1) is 80.8 Å². The highest BCUT2D eigenvalue weighted by Gasteiger charge is 2.45. The van der Waals surface area contributed by atoms with E-state index in [2.05, 4.69) is 24.5 Å². The number of rotatable bonds is 33. The van der Waals surface area contributed by atoms with Gasteiger partial charge in [0.1, 0.15) is 17.9 Å². The average Bonchev–Trinajstić information content (AvgIpc) is 3.94. The third-order valence-corrected chi connectivity index (χ3v) is 14.5. The lowest BCUT2D eigenvalue weighted by Crippen LogP contribution is -2.65. The molecular weight excluding hydrogens is 941 g/mol. The van der Waals surface area contributed by atoms with Crippen molar-refractivity contribution in [1.29, 1.82) is 0 Å². The first kappa shape index (κ1) is 60.4. The van der Waals surface area contributed by atoms with Gasteiger partial charge in [-0.15, -0.1) is 5.06 Å². The van der Waals surface area contributed by atoms with Crippen LogP contribution in [0, 0.1) is 23.7 Å². The number of likely N-dealkylation sites (tertiary alicyclic amines) is 1. The molecule has 19 heteroatoms. The van der Waals surface area contributed by atoms with Crippen LogP contribution in [0.15, 0.2) is 54.6 Å². The normalized spacial score (nSPS) is 18.6. The van der Waals surface area contributed by atoms with Crippen LogP contribution in [0.5, 0.6) is 0 Å². The van der Waals surface area contributed by atoms with Crippen LogP contribution >= 0.6 is 0 Å². The summed E-state index contributed by atoms with van der Waals surface area (Å²) in [6, 6.07) is 13.0. The van der Waals surface area contributed by atoms with E-state index in [4.69, 9.17) is 23.8 Å². The molecule has 2 heterocycles. The molecule has 2 aliphatic rings. The molecule has 19 nitrogen and oxygen atoms in total. The Kier molecular flexibility index (Phi) is 24.1. The number of carbonyl (C=O) groups excluding carboxylic acids is 6. The number of imide groups is 1. The highest BCUT2D eigenvalue weighted by atomic mass is 16.7. The minimum atomic E-state index is -1.31. The van der Waals surface area contributed by atoms with Gasteiger partial charge in [0.25, 0.3) is 11.8 Å². The standard InChI is InChI=1S/C54H82N6O13/c1-12-37(6)47(44(69-10)32-45(62)59-24-18-23-43(59)48(70-11)38(7)49(63)55-42(53(67)68)31-39-19-14-13-15-20-39)58(9)33-54(34-61,36(4)5)56-50(64)46(35(2)3)57(8)25-26-71-27-28-72-29-30-73-60-51(65)40-21-16-17-22-41(40)52(60)66/h13-17,19-22,34-38,42-44,46-48H,12,18,23-33H2,1-11H3,(H,55,63)(H,56,64)(H,67,68)/t37-,38+,42-,43-,44+,46-,47?,48+,54+/m0/s1. The minimum Gasteiger partial charge on any atom is -0.480 e. The van der Waals surface area contributed by atoms with Gasteiger partial charge in [-0.2, -0.15) is 0 Å². The Morgan fingerprint density at radius 3 is 1.99 bits per heavy atom. The summed E-state index contributed by atoms with van der Waals surface area (Å²) >= 11 is 0. The molecule has 406 valence electrons. The van der Waals surface area contributed by atoms with Crippen molar-refractivity contribution in [2.75, 3.05) is 81.0 Å². The molecule has 0 aromatic heterocycles. The second-order valence-electron chi connectivity index (χ2n) is 20.1. The van der Waals surface area contributed by atoms with Crippen molar-refractivity contribution in [3.05, 3.63) is 71.3 Å². The van der Waals surface area contributed by atoms with Crippen LogP contribution in [0.2, 0.25) is 0 Å². The third-order valence-electron chi connectivity index (χ3n) is 14.5. The van der Waals surface area contributed by atoms with Gasteiger partial charge in [-0.25, -0.2) is 4.79 Å². The van der Waals surface area contributed by atoms with Crippen molar-refractivity contribution in [1.82, 2.24) is 30.4 Å². The van der Waals surface area contributed by atoms with Crippen LogP contribution in [0.4, 0.5) is 0 Å². The van der Waals surface area contributed by atoms with Crippen LogP contribution in [-0.4, -0.2) is 190 Å². The van der Waals surface area contributed by atoms with Crippen molar-refractivity contribution in [2.24, 2.45) is 23.7 Å². The highest BCUT2D eigenvalue weighted by molar-refractivity contribution is 6.20. The van der Waals surface area contributed by atoms with Gasteiger partial charge >= 0.3 is 5.97 Å². The van der Waals surface area contributed by atoms with Crippen LogP contribution in [0.1, 0.15) is 100 Å². The molecule has 3 N–H and O–H groups in total. The molecule has 2 aromatic rings. The van der Waals surface area contributed by atoms with Crippen LogP contribution in [0.3, 0.4) is 0 Å². The maximum absolute atomic E-state index is 14.4. The van der Waals surface area contributed by atoms with E-state index in [-0.39, 0.29) is 81.4 Å². The molecule has 73 heavy (non-hydrogen) atoms. The fourth-order valence-electron chi connectivity index (χ4n) is 10.1. The van der Waals surface area contributed by atoms with Gasteiger partial charge in [0.2, 0.25) is 17.7 Å². The van der Waals surface area contributed by atoms with E-state index >= 15 is 0 Å². The lowest BCUT2D eigenvalue weighted by Gasteiger charge is -2.44. The van der Waals surface area contributed by atoms with E-state index < -0.39 is 65.5 Å². The first-order valence-corrected chi connectivity index (χ1v) is 25.6. The lowest BCUT2D eigenvalue weighted by atomic mass is 9.84. The van der Waals surface area contributed by atoms with E-state index in [0.717, 1.165) is 23.3 Å². The number of nitrogens with one attached hydrogen (secondary N) is 2. The molecule has 0 radical (unpaired) electrons. The Balaban J connectivity index is 1.34. The maximum Gasteiger partial charge on any atom is 0.326 e. The predicted octanol–water partition coefficient (Wildman–Crippen LogP) is 4.12. The molecule has 0 spiro atoms. The molecule has 2 aliphatic heterocycles. The van der Waals surface area contributed by atoms with Crippen molar-refractivity contribution in [3.8, 4) is 0 Å². The molecule has 2 aromatic carbocycles. The smallest absolute Gasteiger partial charge is 0.326 e. The fourth-order valence-corrected chi connectivity index (χ4v) is 10.1. The van der Waals surface area contributed by atoms with Crippen LogP contribution < -0.4 is 10.6 Å². The lowest BCUT2D eigenvalue weighted by molar-refractivity contribution is -0.145. The second kappa shape index (κ2) is 29.1. The number of hydrogen-bond acceptors (Lipinski definition) is 14. The largest absolute Gasteiger partial charge is 0.480 e. The van der Waals surface area contributed by atoms with Crippen LogP contribution in [-0.2, 0) is 54.2 Å². The Bertz CT molecular complexity index is 2090. The fraction of sp³-hybridized carbons (Fsp3) is 0.648. The van der Waals surface area contributed by atoms with Gasteiger partial charge in [0, 0.05) is 46.3 Å². The van der Waals surface area contributed by atoms with Gasteiger partial charge in [0.15, 0.2) is 0 Å². The molecule has 1 unspecified atom stereocenters. The number of carboxylic acids is 1. The van der Waals surface area contributed by atoms with Gasteiger partial charge in [-0.05, 0) is 62.4 Å². The van der Waals surface area contributed by atoms with Gasteiger partial charge in [-0.1, -0.05) is 97.4 Å². The number of methoxy groups -OCH3 is 2.